The second kappa shape index (κ2) is 6.56. The number of imide groups is 1. The Hall–Kier alpha value is -2.11. The fourth-order valence-electron chi connectivity index (χ4n) is 2.79. The van der Waals surface area contributed by atoms with Crippen LogP contribution in [-0.4, -0.2) is 30.6 Å². The number of fused-ring (bicyclic) bond motifs is 1. The quantitative estimate of drug-likeness (QED) is 0.880. The molecule has 1 aliphatic rings. The van der Waals surface area contributed by atoms with Gasteiger partial charge in [0.2, 0.25) is 5.91 Å². The molecule has 0 atom stereocenters. The summed E-state index contributed by atoms with van der Waals surface area (Å²) in [6, 6.07) is 2.65. The Balaban J connectivity index is 2.07. The van der Waals surface area contributed by atoms with Crippen LogP contribution in [0.5, 0.6) is 0 Å². The second-order valence-corrected chi connectivity index (χ2v) is 6.97. The van der Waals surface area contributed by atoms with Crippen LogP contribution in [0.4, 0.5) is 14.9 Å². The Morgan fingerprint density at radius 1 is 1.30 bits per heavy atom. The van der Waals surface area contributed by atoms with E-state index in [1.54, 1.807) is 11.0 Å². The lowest BCUT2D eigenvalue weighted by Crippen LogP contribution is -2.50. The Bertz CT molecular complexity index is 623. The van der Waals surface area contributed by atoms with Crippen LogP contribution in [0.25, 0.3) is 0 Å². The number of urea groups is 1. The highest BCUT2D eigenvalue weighted by atomic mass is 19.1. The normalized spacial score (nSPS) is 14.2. The van der Waals surface area contributed by atoms with Gasteiger partial charge >= 0.3 is 6.03 Å². The number of carbonyl (C=O) groups is 2. The van der Waals surface area contributed by atoms with Gasteiger partial charge in [0.1, 0.15) is 5.82 Å². The number of halogens is 1. The standard InChI is InChI=1S/C17H24FN3O2/c1-11-7-8-13(18)15-12(11)6-5-9-21(15)10-14(22)19-16(23)20-17(2,3)4/h7-8H,5-6,9-10H2,1-4H3,(H2,19,20,22,23). The SMILES string of the molecule is Cc1ccc(F)c2c1CCCN2CC(=O)NC(=O)NC(C)(C)C. The van der Waals surface area contributed by atoms with Gasteiger partial charge in [-0.25, -0.2) is 9.18 Å². The zero-order valence-corrected chi connectivity index (χ0v) is 14.1. The van der Waals surface area contributed by atoms with Gasteiger partial charge in [-0.05, 0) is 57.7 Å². The number of hydrogen-bond donors (Lipinski definition) is 2. The summed E-state index contributed by atoms with van der Waals surface area (Å²) >= 11 is 0. The molecule has 0 unspecified atom stereocenters. The number of benzene rings is 1. The summed E-state index contributed by atoms with van der Waals surface area (Å²) in [5.74, 6) is -0.766. The maximum Gasteiger partial charge on any atom is 0.321 e. The molecule has 5 nitrogen and oxygen atoms in total. The highest BCUT2D eigenvalue weighted by Gasteiger charge is 2.25. The van der Waals surface area contributed by atoms with Crippen LogP contribution in [0.1, 0.15) is 38.3 Å². The van der Waals surface area contributed by atoms with Crippen molar-refractivity contribution >= 4 is 17.6 Å². The molecule has 1 heterocycles. The van der Waals surface area contributed by atoms with E-state index in [0.29, 0.717) is 12.2 Å². The average Bonchev–Trinajstić information content (AvgIpc) is 2.40. The predicted molar refractivity (Wildman–Crippen MR) is 88.1 cm³/mol. The van der Waals surface area contributed by atoms with E-state index in [2.05, 4.69) is 10.6 Å². The minimum atomic E-state index is -0.538. The molecular formula is C17H24FN3O2. The molecule has 1 aromatic rings. The summed E-state index contributed by atoms with van der Waals surface area (Å²) in [5, 5.41) is 4.96. The first-order chi connectivity index (χ1) is 10.7. The first-order valence-electron chi connectivity index (χ1n) is 7.82. The molecule has 23 heavy (non-hydrogen) atoms. The van der Waals surface area contributed by atoms with Crippen molar-refractivity contribution in [3.8, 4) is 0 Å². The Kier molecular flexibility index (Phi) is 4.92. The number of nitrogens with one attached hydrogen (secondary N) is 2. The zero-order valence-electron chi connectivity index (χ0n) is 14.1. The van der Waals surface area contributed by atoms with Crippen molar-refractivity contribution in [2.24, 2.45) is 0 Å². The molecule has 0 aliphatic carbocycles. The molecule has 1 aliphatic heterocycles. The van der Waals surface area contributed by atoms with Crippen molar-refractivity contribution in [1.29, 1.82) is 0 Å². The summed E-state index contributed by atoms with van der Waals surface area (Å²) in [4.78, 5) is 25.5. The van der Waals surface area contributed by atoms with E-state index >= 15 is 0 Å². The molecule has 0 saturated heterocycles. The maximum absolute atomic E-state index is 14.2. The van der Waals surface area contributed by atoms with Gasteiger partial charge in [-0.3, -0.25) is 10.1 Å². The van der Waals surface area contributed by atoms with E-state index in [1.165, 1.54) is 6.07 Å². The summed E-state index contributed by atoms with van der Waals surface area (Å²) in [6.45, 7) is 7.99. The lowest BCUT2D eigenvalue weighted by Gasteiger charge is -2.32. The van der Waals surface area contributed by atoms with Crippen molar-refractivity contribution in [1.82, 2.24) is 10.6 Å². The third-order valence-corrected chi connectivity index (χ3v) is 3.71. The van der Waals surface area contributed by atoms with Gasteiger partial charge in [0.15, 0.2) is 0 Å². The third kappa shape index (κ3) is 4.43. The Morgan fingerprint density at radius 2 is 2.00 bits per heavy atom. The predicted octanol–water partition coefficient (Wildman–Crippen LogP) is 2.51. The van der Waals surface area contributed by atoms with Gasteiger partial charge in [0.25, 0.3) is 0 Å². The van der Waals surface area contributed by atoms with Crippen LogP contribution in [0, 0.1) is 12.7 Å². The average molecular weight is 321 g/mol. The van der Waals surface area contributed by atoms with Crippen LogP contribution >= 0.6 is 0 Å². The van der Waals surface area contributed by atoms with Crippen molar-refractivity contribution in [3.05, 3.63) is 29.1 Å². The van der Waals surface area contributed by atoms with Gasteiger partial charge in [0.05, 0.1) is 12.2 Å². The zero-order chi connectivity index (χ0) is 17.2. The van der Waals surface area contributed by atoms with Gasteiger partial charge in [0, 0.05) is 12.1 Å². The molecule has 3 amide bonds. The van der Waals surface area contributed by atoms with Crippen LogP contribution in [-0.2, 0) is 11.2 Å². The van der Waals surface area contributed by atoms with Gasteiger partial charge < -0.3 is 10.2 Å². The van der Waals surface area contributed by atoms with Crippen molar-refractivity contribution in [3.63, 3.8) is 0 Å². The molecule has 0 bridgehead atoms. The molecule has 0 saturated carbocycles. The van der Waals surface area contributed by atoms with E-state index in [0.717, 1.165) is 24.0 Å². The molecular weight excluding hydrogens is 297 g/mol. The summed E-state index contributed by atoms with van der Waals surface area (Å²) < 4.78 is 14.2. The highest BCUT2D eigenvalue weighted by molar-refractivity contribution is 5.96. The molecule has 2 N–H and O–H groups in total. The molecule has 6 heteroatoms. The van der Waals surface area contributed by atoms with Gasteiger partial charge in [-0.2, -0.15) is 0 Å². The molecule has 2 rings (SSSR count). The number of amides is 3. The van der Waals surface area contributed by atoms with Crippen molar-refractivity contribution in [2.75, 3.05) is 18.0 Å². The van der Waals surface area contributed by atoms with Crippen LogP contribution in [0.15, 0.2) is 12.1 Å². The van der Waals surface area contributed by atoms with E-state index in [9.17, 15) is 14.0 Å². The number of carbonyl (C=O) groups excluding carboxylic acids is 2. The van der Waals surface area contributed by atoms with Gasteiger partial charge in [-0.15, -0.1) is 0 Å². The topological polar surface area (TPSA) is 61.4 Å². The summed E-state index contributed by atoms with van der Waals surface area (Å²) in [5.41, 5.74) is 2.04. The number of anilines is 1. The Morgan fingerprint density at radius 3 is 2.65 bits per heavy atom. The van der Waals surface area contributed by atoms with Crippen molar-refractivity contribution in [2.45, 2.75) is 46.1 Å². The fraction of sp³-hybridized carbons (Fsp3) is 0.529. The van der Waals surface area contributed by atoms with E-state index in [4.69, 9.17) is 0 Å². The molecule has 126 valence electrons. The summed E-state index contributed by atoms with van der Waals surface area (Å²) in [6.07, 6.45) is 1.67. The largest absolute Gasteiger partial charge is 0.360 e. The number of hydrogen-bond acceptors (Lipinski definition) is 3. The highest BCUT2D eigenvalue weighted by Crippen LogP contribution is 2.32. The lowest BCUT2D eigenvalue weighted by atomic mass is 9.96. The first-order valence-corrected chi connectivity index (χ1v) is 7.82. The molecule has 0 aromatic heterocycles. The number of rotatable bonds is 2. The van der Waals surface area contributed by atoms with Gasteiger partial charge in [-0.1, -0.05) is 6.07 Å². The minimum absolute atomic E-state index is 0.0368. The molecule has 0 fully saturated rings. The monoisotopic (exact) mass is 321 g/mol. The van der Waals surface area contributed by atoms with Crippen LogP contribution in [0.2, 0.25) is 0 Å². The fourth-order valence-corrected chi connectivity index (χ4v) is 2.79. The molecule has 0 radical (unpaired) electrons. The minimum Gasteiger partial charge on any atom is -0.360 e. The third-order valence-electron chi connectivity index (χ3n) is 3.71. The summed E-state index contributed by atoms with van der Waals surface area (Å²) in [7, 11) is 0. The number of nitrogens with zero attached hydrogens (tertiary/aromatic N) is 1. The van der Waals surface area contributed by atoms with Crippen LogP contribution in [0.3, 0.4) is 0 Å². The van der Waals surface area contributed by atoms with Crippen molar-refractivity contribution < 1.29 is 14.0 Å². The smallest absolute Gasteiger partial charge is 0.321 e. The second-order valence-electron chi connectivity index (χ2n) is 6.97. The molecule has 1 aromatic carbocycles. The maximum atomic E-state index is 14.2. The van der Waals surface area contributed by atoms with Crippen LogP contribution < -0.4 is 15.5 Å². The lowest BCUT2D eigenvalue weighted by molar-refractivity contribution is -0.118. The first kappa shape index (κ1) is 17.2. The number of aryl methyl sites for hydroxylation is 1. The van der Waals surface area contributed by atoms with E-state index in [1.807, 2.05) is 27.7 Å². The molecule has 0 spiro atoms. The van der Waals surface area contributed by atoms with E-state index < -0.39 is 17.5 Å². The Labute approximate surface area is 136 Å². The van der Waals surface area contributed by atoms with E-state index in [-0.39, 0.29) is 12.4 Å².